The first-order valence-electron chi connectivity index (χ1n) is 5.95. The summed E-state index contributed by atoms with van der Waals surface area (Å²) in [7, 11) is -3.18. The van der Waals surface area contributed by atoms with Crippen LogP contribution in [-0.4, -0.2) is 31.5 Å². The van der Waals surface area contributed by atoms with E-state index in [-0.39, 0.29) is 12.5 Å². The first-order chi connectivity index (χ1) is 7.99. The third-order valence-electron chi connectivity index (χ3n) is 1.98. The SMILES string of the molecule is CCOP(=O)(C=C(NCCO)C(C)C)OCC. The summed E-state index contributed by atoms with van der Waals surface area (Å²) in [6.45, 7) is 8.60. The van der Waals surface area contributed by atoms with Gasteiger partial charge in [0.05, 0.1) is 19.8 Å². The van der Waals surface area contributed by atoms with Crippen molar-refractivity contribution < 1.29 is 18.7 Å². The highest BCUT2D eigenvalue weighted by atomic mass is 31.2. The lowest BCUT2D eigenvalue weighted by atomic mass is 10.1. The molecule has 0 aromatic carbocycles. The van der Waals surface area contributed by atoms with Crippen LogP contribution in [0.3, 0.4) is 0 Å². The molecule has 17 heavy (non-hydrogen) atoms. The number of hydrogen-bond acceptors (Lipinski definition) is 5. The number of rotatable bonds is 9. The second kappa shape index (κ2) is 8.70. The number of aliphatic hydroxyl groups is 1. The average molecular weight is 265 g/mol. The maximum atomic E-state index is 12.3. The van der Waals surface area contributed by atoms with Gasteiger partial charge in [0.2, 0.25) is 0 Å². The Labute approximate surface area is 104 Å². The largest absolute Gasteiger partial charge is 0.395 e. The van der Waals surface area contributed by atoms with E-state index in [0.29, 0.717) is 19.8 Å². The van der Waals surface area contributed by atoms with Crippen molar-refractivity contribution in [3.8, 4) is 0 Å². The fourth-order valence-corrected chi connectivity index (χ4v) is 2.91. The molecule has 0 aliphatic rings. The fraction of sp³-hybridized carbons (Fsp3) is 0.818. The van der Waals surface area contributed by atoms with Crippen LogP contribution in [0, 0.1) is 5.92 Å². The summed E-state index contributed by atoms with van der Waals surface area (Å²) in [5.41, 5.74) is 0.768. The molecule has 0 saturated carbocycles. The van der Waals surface area contributed by atoms with Crippen molar-refractivity contribution in [3.05, 3.63) is 11.5 Å². The standard InChI is InChI=1S/C11H24NO4P/c1-5-15-17(14,16-6-2)9-11(10(3)4)12-7-8-13/h9-10,12-13H,5-8H2,1-4H3. The van der Waals surface area contributed by atoms with Crippen LogP contribution < -0.4 is 5.32 Å². The minimum Gasteiger partial charge on any atom is -0.395 e. The Morgan fingerprint density at radius 1 is 1.35 bits per heavy atom. The van der Waals surface area contributed by atoms with Gasteiger partial charge in [0, 0.05) is 18.1 Å². The van der Waals surface area contributed by atoms with E-state index in [1.54, 1.807) is 13.8 Å². The summed E-state index contributed by atoms with van der Waals surface area (Å²) in [4.78, 5) is 0. The Balaban J connectivity index is 4.87. The summed E-state index contributed by atoms with van der Waals surface area (Å²) in [5.74, 6) is 1.68. The summed E-state index contributed by atoms with van der Waals surface area (Å²) in [5, 5.41) is 11.8. The van der Waals surface area contributed by atoms with Gasteiger partial charge >= 0.3 is 7.60 Å². The normalized spacial score (nSPS) is 13.2. The van der Waals surface area contributed by atoms with Crippen LogP contribution in [0.4, 0.5) is 0 Å². The van der Waals surface area contributed by atoms with Crippen LogP contribution in [-0.2, 0) is 13.6 Å². The van der Waals surface area contributed by atoms with Crippen molar-refractivity contribution in [3.63, 3.8) is 0 Å². The zero-order valence-corrected chi connectivity index (χ0v) is 12.0. The highest BCUT2D eigenvalue weighted by Crippen LogP contribution is 2.50. The molecule has 0 unspecified atom stereocenters. The summed E-state index contributed by atoms with van der Waals surface area (Å²) < 4.78 is 22.6. The first kappa shape index (κ1) is 16.6. The molecule has 6 heteroatoms. The number of aliphatic hydroxyl groups excluding tert-OH is 1. The quantitative estimate of drug-likeness (QED) is 0.626. The summed E-state index contributed by atoms with van der Waals surface area (Å²) >= 11 is 0. The van der Waals surface area contributed by atoms with Gasteiger partial charge in [-0.1, -0.05) is 13.8 Å². The van der Waals surface area contributed by atoms with Crippen LogP contribution in [0.25, 0.3) is 0 Å². The van der Waals surface area contributed by atoms with Crippen LogP contribution in [0.1, 0.15) is 27.7 Å². The minimum atomic E-state index is -3.18. The van der Waals surface area contributed by atoms with Gasteiger partial charge in [-0.3, -0.25) is 4.57 Å². The van der Waals surface area contributed by atoms with Crippen molar-refractivity contribution in [2.75, 3.05) is 26.4 Å². The van der Waals surface area contributed by atoms with Crippen molar-refractivity contribution in [2.45, 2.75) is 27.7 Å². The van der Waals surface area contributed by atoms with E-state index >= 15 is 0 Å². The number of nitrogens with one attached hydrogen (secondary N) is 1. The molecule has 0 spiro atoms. The van der Waals surface area contributed by atoms with E-state index in [2.05, 4.69) is 5.32 Å². The van der Waals surface area contributed by atoms with Gasteiger partial charge in [0.15, 0.2) is 0 Å². The van der Waals surface area contributed by atoms with Gasteiger partial charge in [-0.25, -0.2) is 0 Å². The number of hydrogen-bond donors (Lipinski definition) is 2. The van der Waals surface area contributed by atoms with E-state index in [1.165, 1.54) is 5.82 Å². The lowest BCUT2D eigenvalue weighted by Gasteiger charge is -2.18. The second-order valence-electron chi connectivity index (χ2n) is 3.76. The van der Waals surface area contributed by atoms with Gasteiger partial charge in [-0.05, 0) is 19.8 Å². The molecule has 102 valence electrons. The minimum absolute atomic E-state index is 0.0254. The lowest BCUT2D eigenvalue weighted by molar-refractivity contribution is 0.228. The third-order valence-corrected chi connectivity index (χ3v) is 3.81. The van der Waals surface area contributed by atoms with E-state index in [0.717, 1.165) is 5.70 Å². The average Bonchev–Trinajstić information content (AvgIpc) is 2.24. The zero-order valence-electron chi connectivity index (χ0n) is 11.1. The van der Waals surface area contributed by atoms with Crippen molar-refractivity contribution >= 4 is 7.60 Å². The molecular formula is C11H24NO4P. The molecule has 0 atom stereocenters. The molecule has 0 bridgehead atoms. The predicted molar refractivity (Wildman–Crippen MR) is 68.9 cm³/mol. The molecule has 0 heterocycles. The highest BCUT2D eigenvalue weighted by Gasteiger charge is 2.22. The molecule has 0 aromatic heterocycles. The molecule has 0 aromatic rings. The third kappa shape index (κ3) is 6.84. The zero-order chi connectivity index (χ0) is 13.3. The Morgan fingerprint density at radius 3 is 2.24 bits per heavy atom. The van der Waals surface area contributed by atoms with Crippen molar-refractivity contribution in [2.24, 2.45) is 5.92 Å². The molecule has 2 N–H and O–H groups in total. The molecular weight excluding hydrogens is 241 g/mol. The Hall–Kier alpha value is -0.350. The van der Waals surface area contributed by atoms with Crippen LogP contribution >= 0.6 is 7.60 Å². The number of allylic oxidation sites excluding steroid dienone is 1. The molecule has 5 nitrogen and oxygen atoms in total. The lowest BCUT2D eigenvalue weighted by Crippen LogP contribution is -2.21. The van der Waals surface area contributed by atoms with Gasteiger partial charge in [-0.2, -0.15) is 0 Å². The van der Waals surface area contributed by atoms with Gasteiger partial charge in [-0.15, -0.1) is 0 Å². The van der Waals surface area contributed by atoms with Gasteiger partial charge in [0.1, 0.15) is 0 Å². The summed E-state index contributed by atoms with van der Waals surface area (Å²) in [6, 6.07) is 0. The van der Waals surface area contributed by atoms with Crippen LogP contribution in [0.2, 0.25) is 0 Å². The van der Waals surface area contributed by atoms with Crippen molar-refractivity contribution in [1.82, 2.24) is 5.32 Å². The molecule has 0 fully saturated rings. The van der Waals surface area contributed by atoms with Crippen molar-refractivity contribution in [1.29, 1.82) is 0 Å². The smallest absolute Gasteiger partial charge is 0.355 e. The fourth-order valence-electron chi connectivity index (χ4n) is 1.24. The maximum Gasteiger partial charge on any atom is 0.355 e. The summed E-state index contributed by atoms with van der Waals surface area (Å²) in [6.07, 6.45) is 0. The highest BCUT2D eigenvalue weighted by molar-refractivity contribution is 7.57. The maximum absolute atomic E-state index is 12.3. The molecule has 0 amide bonds. The Bertz CT molecular complexity index is 269. The second-order valence-corrected chi connectivity index (χ2v) is 5.62. The Morgan fingerprint density at radius 2 is 1.88 bits per heavy atom. The van der Waals surface area contributed by atoms with Crippen LogP contribution in [0.15, 0.2) is 11.5 Å². The van der Waals surface area contributed by atoms with E-state index in [9.17, 15) is 4.57 Å². The predicted octanol–water partition coefficient (Wildman–Crippen LogP) is 2.33. The molecule has 0 aliphatic carbocycles. The van der Waals surface area contributed by atoms with E-state index < -0.39 is 7.60 Å². The van der Waals surface area contributed by atoms with E-state index in [1.807, 2.05) is 13.8 Å². The monoisotopic (exact) mass is 265 g/mol. The molecule has 0 radical (unpaired) electrons. The van der Waals surface area contributed by atoms with Gasteiger partial charge in [0.25, 0.3) is 0 Å². The topological polar surface area (TPSA) is 67.8 Å². The molecule has 0 saturated heterocycles. The Kier molecular flexibility index (Phi) is 8.52. The first-order valence-corrected chi connectivity index (χ1v) is 7.56. The molecule has 0 rings (SSSR count). The van der Waals surface area contributed by atoms with Crippen LogP contribution in [0.5, 0.6) is 0 Å². The van der Waals surface area contributed by atoms with Gasteiger partial charge < -0.3 is 19.5 Å². The van der Waals surface area contributed by atoms with E-state index in [4.69, 9.17) is 14.2 Å². The molecule has 0 aliphatic heterocycles.